The lowest BCUT2D eigenvalue weighted by Crippen LogP contribution is -2.16. The average molecular weight is 460 g/mol. The lowest BCUT2D eigenvalue weighted by atomic mass is 9.97. The first-order chi connectivity index (χ1) is 13.4. The third-order valence-electron chi connectivity index (χ3n) is 4.22. The monoisotopic (exact) mass is 458 g/mol. The highest BCUT2D eigenvalue weighted by Gasteiger charge is 2.21. The van der Waals surface area contributed by atoms with Crippen LogP contribution in [0.25, 0.3) is 0 Å². The van der Waals surface area contributed by atoms with E-state index in [-0.39, 0.29) is 17.9 Å². The predicted molar refractivity (Wildman–Crippen MR) is 114 cm³/mol. The summed E-state index contributed by atoms with van der Waals surface area (Å²) in [5.41, 5.74) is 1.90. The summed E-state index contributed by atoms with van der Waals surface area (Å²) in [6.45, 7) is 0. The molecule has 28 heavy (non-hydrogen) atoms. The molecule has 3 aromatic rings. The number of nitrogens with one attached hydrogen (secondary N) is 1. The molecule has 7 heteroatoms. The van der Waals surface area contributed by atoms with Crippen molar-refractivity contribution in [2.45, 2.75) is 12.5 Å². The normalized spacial score (nSPS) is 11.6. The maximum Gasteiger partial charge on any atom is 0.283 e. The lowest BCUT2D eigenvalue weighted by Gasteiger charge is -2.20. The van der Waals surface area contributed by atoms with E-state index >= 15 is 0 Å². The number of carbonyl (C=O) groups excluding carboxylic acids is 1. The van der Waals surface area contributed by atoms with Gasteiger partial charge in [0.1, 0.15) is 0 Å². The highest BCUT2D eigenvalue weighted by atomic mass is 79.9. The van der Waals surface area contributed by atoms with E-state index in [1.807, 2.05) is 12.1 Å². The molecule has 1 N–H and O–H groups in total. The van der Waals surface area contributed by atoms with Gasteiger partial charge in [0.15, 0.2) is 5.78 Å². The zero-order chi connectivity index (χ0) is 20.1. The number of carbonyl (C=O) groups is 1. The Morgan fingerprint density at radius 2 is 1.82 bits per heavy atom. The molecule has 0 radical (unpaired) electrons. The molecule has 1 atom stereocenters. The van der Waals surface area contributed by atoms with Crippen molar-refractivity contribution in [3.05, 3.63) is 104 Å². The topological polar surface area (TPSA) is 72.2 Å². The third kappa shape index (κ3) is 4.97. The maximum absolute atomic E-state index is 12.8. The van der Waals surface area contributed by atoms with E-state index in [1.54, 1.807) is 54.6 Å². The highest BCUT2D eigenvalue weighted by molar-refractivity contribution is 9.10. The van der Waals surface area contributed by atoms with Crippen LogP contribution in [0.3, 0.4) is 0 Å². The molecule has 3 aromatic carbocycles. The van der Waals surface area contributed by atoms with Gasteiger partial charge in [-0.05, 0) is 45.8 Å². The van der Waals surface area contributed by atoms with Gasteiger partial charge in [0.25, 0.3) is 5.69 Å². The number of nitrogens with zero attached hydrogens (tertiary/aromatic N) is 1. The van der Waals surface area contributed by atoms with Crippen molar-refractivity contribution in [2.24, 2.45) is 0 Å². The molecule has 0 heterocycles. The molecule has 0 saturated heterocycles. The fourth-order valence-corrected chi connectivity index (χ4v) is 3.43. The van der Waals surface area contributed by atoms with E-state index in [0.29, 0.717) is 20.6 Å². The number of hydrogen-bond donors (Lipinski definition) is 1. The standard InChI is InChI=1S/C21H16BrClN2O3/c22-18-10-9-15(11-20(18)25(27)28)19(24-17-8-4-7-16(23)12-17)13-21(26)14-5-2-1-3-6-14/h1-12,19,24H,13H2. The lowest BCUT2D eigenvalue weighted by molar-refractivity contribution is -0.385. The summed E-state index contributed by atoms with van der Waals surface area (Å²) < 4.78 is 0.386. The quantitative estimate of drug-likeness (QED) is 0.251. The van der Waals surface area contributed by atoms with E-state index in [4.69, 9.17) is 11.6 Å². The Morgan fingerprint density at radius 1 is 1.07 bits per heavy atom. The molecule has 0 spiro atoms. The number of ketones is 1. The molecular weight excluding hydrogens is 444 g/mol. The smallest absolute Gasteiger partial charge is 0.283 e. The van der Waals surface area contributed by atoms with Crippen LogP contribution in [0.15, 0.2) is 77.3 Å². The van der Waals surface area contributed by atoms with Crippen molar-refractivity contribution < 1.29 is 9.72 Å². The van der Waals surface area contributed by atoms with Gasteiger partial charge in [-0.2, -0.15) is 0 Å². The molecule has 142 valence electrons. The Bertz CT molecular complexity index is 1010. The Labute approximate surface area is 175 Å². The van der Waals surface area contributed by atoms with Crippen molar-refractivity contribution in [1.82, 2.24) is 0 Å². The molecular formula is C21H16BrClN2O3. The van der Waals surface area contributed by atoms with Crippen molar-refractivity contribution in [3.8, 4) is 0 Å². The minimum atomic E-state index is -0.460. The minimum Gasteiger partial charge on any atom is -0.378 e. The maximum atomic E-state index is 12.8. The number of anilines is 1. The van der Waals surface area contributed by atoms with Crippen LogP contribution in [0.5, 0.6) is 0 Å². The molecule has 1 unspecified atom stereocenters. The minimum absolute atomic E-state index is 0.0532. The number of hydrogen-bond acceptors (Lipinski definition) is 4. The molecule has 0 aromatic heterocycles. The van der Waals surface area contributed by atoms with Crippen molar-refractivity contribution in [2.75, 3.05) is 5.32 Å². The first-order valence-electron chi connectivity index (χ1n) is 8.48. The molecule has 0 aliphatic carbocycles. The summed E-state index contributed by atoms with van der Waals surface area (Å²) in [5.74, 6) is -0.0642. The van der Waals surface area contributed by atoms with Gasteiger partial charge in [0, 0.05) is 28.8 Å². The molecule has 0 aliphatic heterocycles. The molecule has 5 nitrogen and oxygen atoms in total. The van der Waals surface area contributed by atoms with Gasteiger partial charge in [-0.25, -0.2) is 0 Å². The van der Waals surface area contributed by atoms with Gasteiger partial charge in [0.2, 0.25) is 0 Å². The van der Waals surface area contributed by atoms with Crippen molar-refractivity contribution in [3.63, 3.8) is 0 Å². The summed E-state index contributed by atoms with van der Waals surface area (Å²) in [6.07, 6.45) is 0.134. The van der Waals surface area contributed by atoms with Crippen LogP contribution in [0.4, 0.5) is 11.4 Å². The number of rotatable bonds is 7. The van der Waals surface area contributed by atoms with Crippen molar-refractivity contribution in [1.29, 1.82) is 0 Å². The average Bonchev–Trinajstić information content (AvgIpc) is 2.68. The third-order valence-corrected chi connectivity index (χ3v) is 5.13. The highest BCUT2D eigenvalue weighted by Crippen LogP contribution is 2.32. The molecule has 0 amide bonds. The second kappa shape index (κ2) is 8.99. The van der Waals surface area contributed by atoms with E-state index in [9.17, 15) is 14.9 Å². The molecule has 0 aliphatic rings. The molecule has 3 rings (SSSR count). The Hall–Kier alpha value is -2.70. The van der Waals surface area contributed by atoms with Crippen LogP contribution in [-0.4, -0.2) is 10.7 Å². The van der Waals surface area contributed by atoms with Crippen LogP contribution >= 0.6 is 27.5 Å². The van der Waals surface area contributed by atoms with E-state index < -0.39 is 11.0 Å². The van der Waals surface area contributed by atoms with Crippen LogP contribution in [0.1, 0.15) is 28.4 Å². The van der Waals surface area contributed by atoms with Gasteiger partial charge in [-0.15, -0.1) is 0 Å². The largest absolute Gasteiger partial charge is 0.378 e. The Kier molecular flexibility index (Phi) is 6.44. The second-order valence-electron chi connectivity index (χ2n) is 6.17. The second-order valence-corrected chi connectivity index (χ2v) is 7.46. The first-order valence-corrected chi connectivity index (χ1v) is 9.65. The first kappa shape index (κ1) is 20.0. The number of halogens is 2. The number of nitro benzene ring substituents is 1. The van der Waals surface area contributed by atoms with E-state index in [1.165, 1.54) is 6.07 Å². The number of Topliss-reactive ketones (excluding diaryl/α,β-unsaturated/α-hetero) is 1. The Morgan fingerprint density at radius 3 is 2.50 bits per heavy atom. The SMILES string of the molecule is O=C(CC(Nc1cccc(Cl)c1)c1ccc(Br)c([N+](=O)[O-])c1)c1ccccc1. The van der Waals surface area contributed by atoms with Crippen molar-refractivity contribution >= 4 is 44.7 Å². The molecule has 0 fully saturated rings. The van der Waals surface area contributed by atoms with Gasteiger partial charge in [-0.1, -0.05) is 54.1 Å². The number of nitro groups is 1. The molecule has 0 saturated carbocycles. The predicted octanol–water partition coefficient (Wildman–Crippen LogP) is 6.44. The fourth-order valence-electron chi connectivity index (χ4n) is 2.85. The van der Waals surface area contributed by atoms with Gasteiger partial charge in [-0.3, -0.25) is 14.9 Å². The zero-order valence-electron chi connectivity index (χ0n) is 14.6. The summed E-state index contributed by atoms with van der Waals surface area (Å²) in [6, 6.07) is 20.5. The summed E-state index contributed by atoms with van der Waals surface area (Å²) in [4.78, 5) is 23.6. The number of benzene rings is 3. The zero-order valence-corrected chi connectivity index (χ0v) is 17.0. The van der Waals surface area contributed by atoms with Gasteiger partial charge >= 0.3 is 0 Å². The Balaban J connectivity index is 1.95. The summed E-state index contributed by atoms with van der Waals surface area (Å²) in [5, 5.41) is 15.1. The van der Waals surface area contributed by atoms with E-state index in [2.05, 4.69) is 21.2 Å². The van der Waals surface area contributed by atoms with Crippen LogP contribution < -0.4 is 5.32 Å². The van der Waals surface area contributed by atoms with Crippen LogP contribution in [0, 0.1) is 10.1 Å². The fraction of sp³-hybridized carbons (Fsp3) is 0.0952. The molecule has 0 bridgehead atoms. The van der Waals surface area contributed by atoms with Crippen LogP contribution in [0.2, 0.25) is 5.02 Å². The van der Waals surface area contributed by atoms with Crippen LogP contribution in [-0.2, 0) is 0 Å². The van der Waals surface area contributed by atoms with E-state index in [0.717, 1.165) is 5.69 Å². The van der Waals surface area contributed by atoms with Gasteiger partial charge in [0.05, 0.1) is 15.4 Å². The summed E-state index contributed by atoms with van der Waals surface area (Å²) in [7, 11) is 0. The summed E-state index contributed by atoms with van der Waals surface area (Å²) >= 11 is 9.26. The van der Waals surface area contributed by atoms with Gasteiger partial charge < -0.3 is 5.32 Å².